The van der Waals surface area contributed by atoms with E-state index in [0.29, 0.717) is 12.8 Å². The highest BCUT2D eigenvalue weighted by molar-refractivity contribution is 5.66. The van der Waals surface area contributed by atoms with Crippen molar-refractivity contribution < 1.29 is 19.8 Å². The van der Waals surface area contributed by atoms with Crippen LogP contribution in [0.25, 0.3) is 0 Å². The number of unbranched alkanes of at least 4 members (excludes halogenated alkanes) is 21. The zero-order valence-electron chi connectivity index (χ0n) is 26.7. The van der Waals surface area contributed by atoms with Crippen LogP contribution in [0.2, 0.25) is 0 Å². The standard InChI is InChI=1S/C36H68O4/c1-2-3-4-5-6-7-13-16-19-22-25-29-34(31-28-33-36(39)40)30-26-23-20-17-14-11-9-8-10-12-15-18-21-24-27-32-35(37)38/h8,10,34H,2-7,9,11-33H2,1H3,(H,37,38)(H,39,40)/b10-8-. The fraction of sp³-hybridized carbons (Fsp3) is 0.889. The second-order valence-electron chi connectivity index (χ2n) is 12.3. The van der Waals surface area contributed by atoms with Gasteiger partial charge in [0, 0.05) is 12.8 Å². The van der Waals surface area contributed by atoms with Crippen LogP contribution in [0.3, 0.4) is 0 Å². The number of aliphatic carboxylic acids is 2. The van der Waals surface area contributed by atoms with Gasteiger partial charge < -0.3 is 10.2 Å². The lowest BCUT2D eigenvalue weighted by Crippen LogP contribution is -2.03. The Morgan fingerprint density at radius 1 is 0.450 bits per heavy atom. The molecule has 0 aliphatic heterocycles. The van der Waals surface area contributed by atoms with E-state index in [4.69, 9.17) is 10.2 Å². The Morgan fingerprint density at radius 3 is 1.20 bits per heavy atom. The third kappa shape index (κ3) is 32.9. The van der Waals surface area contributed by atoms with E-state index in [9.17, 15) is 9.59 Å². The van der Waals surface area contributed by atoms with Gasteiger partial charge in [-0.1, -0.05) is 154 Å². The van der Waals surface area contributed by atoms with Crippen LogP contribution in [-0.2, 0) is 9.59 Å². The van der Waals surface area contributed by atoms with Gasteiger partial charge in [0.05, 0.1) is 0 Å². The van der Waals surface area contributed by atoms with E-state index in [1.807, 2.05) is 0 Å². The normalized spacial score (nSPS) is 12.3. The first-order valence-electron chi connectivity index (χ1n) is 17.6. The smallest absolute Gasteiger partial charge is 0.303 e. The first-order chi connectivity index (χ1) is 19.6. The molecule has 0 saturated carbocycles. The van der Waals surface area contributed by atoms with Gasteiger partial charge in [0.1, 0.15) is 0 Å². The van der Waals surface area contributed by atoms with E-state index < -0.39 is 11.9 Å². The molecule has 0 saturated heterocycles. The monoisotopic (exact) mass is 565 g/mol. The van der Waals surface area contributed by atoms with Crippen molar-refractivity contribution in [1.29, 1.82) is 0 Å². The van der Waals surface area contributed by atoms with Gasteiger partial charge in [-0.05, 0) is 50.9 Å². The summed E-state index contributed by atoms with van der Waals surface area (Å²) >= 11 is 0. The molecule has 236 valence electrons. The summed E-state index contributed by atoms with van der Waals surface area (Å²) in [6.45, 7) is 2.28. The van der Waals surface area contributed by atoms with Gasteiger partial charge >= 0.3 is 11.9 Å². The molecule has 1 unspecified atom stereocenters. The number of carboxylic acids is 2. The third-order valence-corrected chi connectivity index (χ3v) is 8.38. The fourth-order valence-corrected chi connectivity index (χ4v) is 5.78. The SMILES string of the molecule is CCCCCCCCCCCCCC(CCCCCCCC/C=C\CCCCCCCC(=O)O)CCCC(=O)O. The average Bonchev–Trinajstić information content (AvgIpc) is 2.92. The minimum Gasteiger partial charge on any atom is -0.481 e. The molecule has 0 amide bonds. The van der Waals surface area contributed by atoms with Crippen molar-refractivity contribution in [2.75, 3.05) is 0 Å². The molecule has 4 nitrogen and oxygen atoms in total. The molecule has 0 aromatic heterocycles. The molecule has 4 heteroatoms. The van der Waals surface area contributed by atoms with Crippen molar-refractivity contribution in [2.24, 2.45) is 5.92 Å². The Hall–Kier alpha value is -1.32. The molecular weight excluding hydrogens is 496 g/mol. The van der Waals surface area contributed by atoms with E-state index in [0.717, 1.165) is 44.4 Å². The summed E-state index contributed by atoms with van der Waals surface area (Å²) < 4.78 is 0. The molecule has 0 bridgehead atoms. The zero-order valence-corrected chi connectivity index (χ0v) is 26.7. The molecule has 40 heavy (non-hydrogen) atoms. The molecule has 0 radical (unpaired) electrons. The second-order valence-corrected chi connectivity index (χ2v) is 12.3. The second kappa shape index (κ2) is 32.2. The first-order valence-corrected chi connectivity index (χ1v) is 17.6. The fourth-order valence-electron chi connectivity index (χ4n) is 5.78. The van der Waals surface area contributed by atoms with E-state index in [1.54, 1.807) is 0 Å². The largest absolute Gasteiger partial charge is 0.481 e. The Labute approximate surface area is 249 Å². The number of carbonyl (C=O) groups is 2. The molecule has 0 aliphatic carbocycles. The molecule has 2 N–H and O–H groups in total. The van der Waals surface area contributed by atoms with Gasteiger partial charge in [-0.15, -0.1) is 0 Å². The Morgan fingerprint density at radius 2 is 0.775 bits per heavy atom. The van der Waals surface area contributed by atoms with Crippen LogP contribution >= 0.6 is 0 Å². The van der Waals surface area contributed by atoms with E-state index in [-0.39, 0.29) is 0 Å². The maximum Gasteiger partial charge on any atom is 0.303 e. The van der Waals surface area contributed by atoms with Crippen molar-refractivity contribution >= 4 is 11.9 Å². The molecule has 0 aliphatic rings. The minimum atomic E-state index is -0.674. The molecule has 0 fully saturated rings. The quantitative estimate of drug-likeness (QED) is 0.0614. The summed E-state index contributed by atoms with van der Waals surface area (Å²) in [5.74, 6) is -0.590. The molecule has 1 atom stereocenters. The molecule has 0 aromatic carbocycles. The van der Waals surface area contributed by atoms with Crippen molar-refractivity contribution in [1.82, 2.24) is 0 Å². The van der Waals surface area contributed by atoms with E-state index >= 15 is 0 Å². The molecule has 0 spiro atoms. The van der Waals surface area contributed by atoms with Gasteiger partial charge in [0.15, 0.2) is 0 Å². The van der Waals surface area contributed by atoms with E-state index in [1.165, 1.54) is 141 Å². The van der Waals surface area contributed by atoms with Crippen LogP contribution in [-0.4, -0.2) is 22.2 Å². The Bertz CT molecular complexity index is 571. The highest BCUT2D eigenvalue weighted by Gasteiger charge is 2.10. The summed E-state index contributed by atoms with van der Waals surface area (Å²) in [4.78, 5) is 21.4. The van der Waals surface area contributed by atoms with Crippen LogP contribution in [0, 0.1) is 5.92 Å². The average molecular weight is 565 g/mol. The van der Waals surface area contributed by atoms with Crippen molar-refractivity contribution in [3.63, 3.8) is 0 Å². The lowest BCUT2D eigenvalue weighted by molar-refractivity contribution is -0.138. The van der Waals surface area contributed by atoms with Crippen molar-refractivity contribution in [3.05, 3.63) is 12.2 Å². The summed E-state index contributed by atoms with van der Waals surface area (Å²) in [6.07, 6.45) is 40.9. The summed E-state index contributed by atoms with van der Waals surface area (Å²) in [5, 5.41) is 17.7. The maximum absolute atomic E-state index is 11.0. The predicted molar refractivity (Wildman–Crippen MR) is 172 cm³/mol. The van der Waals surface area contributed by atoms with Gasteiger partial charge in [-0.2, -0.15) is 0 Å². The molecule has 0 aromatic rings. The lowest BCUT2D eigenvalue weighted by atomic mass is 9.90. The Balaban J connectivity index is 3.68. The molecule has 0 heterocycles. The number of hydrogen-bond donors (Lipinski definition) is 2. The lowest BCUT2D eigenvalue weighted by Gasteiger charge is -2.16. The van der Waals surface area contributed by atoms with Gasteiger partial charge in [0.25, 0.3) is 0 Å². The third-order valence-electron chi connectivity index (χ3n) is 8.38. The van der Waals surface area contributed by atoms with Crippen LogP contribution in [0.1, 0.15) is 200 Å². The van der Waals surface area contributed by atoms with Crippen LogP contribution in [0.15, 0.2) is 12.2 Å². The molecular formula is C36H68O4. The maximum atomic E-state index is 11.0. The Kier molecular flexibility index (Phi) is 31.1. The summed E-state index contributed by atoms with van der Waals surface area (Å²) in [5.41, 5.74) is 0. The number of rotatable bonds is 33. The highest BCUT2D eigenvalue weighted by atomic mass is 16.4. The number of hydrogen-bond acceptors (Lipinski definition) is 2. The zero-order chi connectivity index (χ0) is 29.4. The first kappa shape index (κ1) is 38.7. The topological polar surface area (TPSA) is 74.6 Å². The predicted octanol–water partition coefficient (Wildman–Crippen LogP) is 12.1. The van der Waals surface area contributed by atoms with Gasteiger partial charge in [0.2, 0.25) is 0 Å². The van der Waals surface area contributed by atoms with Crippen LogP contribution in [0.5, 0.6) is 0 Å². The number of allylic oxidation sites excluding steroid dienone is 2. The number of carboxylic acid groups (broad SMARTS) is 2. The van der Waals surface area contributed by atoms with Crippen molar-refractivity contribution in [3.8, 4) is 0 Å². The van der Waals surface area contributed by atoms with Crippen molar-refractivity contribution in [2.45, 2.75) is 200 Å². The summed E-state index contributed by atoms with van der Waals surface area (Å²) in [6, 6.07) is 0. The minimum absolute atomic E-state index is 0.314. The van der Waals surface area contributed by atoms with Gasteiger partial charge in [-0.25, -0.2) is 0 Å². The van der Waals surface area contributed by atoms with Gasteiger partial charge in [-0.3, -0.25) is 9.59 Å². The molecule has 0 rings (SSSR count). The summed E-state index contributed by atoms with van der Waals surface area (Å²) in [7, 11) is 0. The highest BCUT2D eigenvalue weighted by Crippen LogP contribution is 2.24. The van der Waals surface area contributed by atoms with Crippen LogP contribution in [0.4, 0.5) is 0 Å². The van der Waals surface area contributed by atoms with Crippen LogP contribution < -0.4 is 0 Å². The van der Waals surface area contributed by atoms with E-state index in [2.05, 4.69) is 19.1 Å².